The smallest absolute Gasteiger partial charge is 0.108 e. The molecule has 1 saturated heterocycles. The zero-order valence-electron chi connectivity index (χ0n) is 9.23. The third-order valence-corrected chi connectivity index (χ3v) is 4.45. The van der Waals surface area contributed by atoms with Gasteiger partial charge in [0.15, 0.2) is 0 Å². The predicted molar refractivity (Wildman–Crippen MR) is 74.1 cm³/mol. The Morgan fingerprint density at radius 3 is 2.94 bits per heavy atom. The van der Waals surface area contributed by atoms with E-state index in [2.05, 4.69) is 32.7 Å². The van der Waals surface area contributed by atoms with Crippen molar-refractivity contribution in [1.82, 2.24) is 9.88 Å². The van der Waals surface area contributed by atoms with Crippen LogP contribution in [0.1, 0.15) is 18.4 Å². The maximum absolute atomic E-state index is 5.71. The highest BCUT2D eigenvalue weighted by Crippen LogP contribution is 2.26. The summed E-state index contributed by atoms with van der Waals surface area (Å²) < 4.78 is 1.11. The van der Waals surface area contributed by atoms with Gasteiger partial charge in [-0.1, -0.05) is 0 Å². The van der Waals surface area contributed by atoms with Crippen molar-refractivity contribution >= 4 is 39.7 Å². The molecule has 2 atom stereocenters. The van der Waals surface area contributed by atoms with Crippen molar-refractivity contribution in [3.05, 3.63) is 15.0 Å². The molecule has 1 aromatic heterocycles. The lowest BCUT2D eigenvalue weighted by Gasteiger charge is -2.19. The van der Waals surface area contributed by atoms with Gasteiger partial charge in [0.1, 0.15) is 5.01 Å². The Bertz CT molecular complexity index is 334. The first-order valence-corrected chi connectivity index (χ1v) is 6.84. The third-order valence-electron chi connectivity index (χ3n) is 2.99. The number of rotatable bonds is 3. The molecule has 2 N–H and O–H groups in total. The highest BCUT2D eigenvalue weighted by molar-refractivity contribution is 9.11. The molecule has 3 nitrogen and oxygen atoms in total. The normalized spacial score (nSPS) is 25.7. The fraction of sp³-hybridized carbons (Fsp3) is 0.700. The summed E-state index contributed by atoms with van der Waals surface area (Å²) in [5, 5.41) is 1.19. The Hall–Kier alpha value is 0.320. The molecule has 16 heavy (non-hydrogen) atoms. The summed E-state index contributed by atoms with van der Waals surface area (Å²) in [4.78, 5) is 6.84. The Morgan fingerprint density at radius 1 is 1.69 bits per heavy atom. The maximum Gasteiger partial charge on any atom is 0.108 e. The summed E-state index contributed by atoms with van der Waals surface area (Å²) in [5.41, 5.74) is 5.71. The van der Waals surface area contributed by atoms with Gasteiger partial charge in [-0.15, -0.1) is 23.7 Å². The molecule has 2 rings (SSSR count). The van der Waals surface area contributed by atoms with Crippen LogP contribution in [0.15, 0.2) is 9.98 Å². The number of halogens is 2. The van der Waals surface area contributed by atoms with Gasteiger partial charge in [-0.3, -0.25) is 4.90 Å². The highest BCUT2D eigenvalue weighted by Gasteiger charge is 2.28. The lowest BCUT2D eigenvalue weighted by Crippen LogP contribution is -2.27. The zero-order chi connectivity index (χ0) is 10.8. The topological polar surface area (TPSA) is 42.1 Å². The van der Waals surface area contributed by atoms with Crippen LogP contribution < -0.4 is 5.73 Å². The molecule has 1 fully saturated rings. The van der Waals surface area contributed by atoms with Crippen LogP contribution in [0.3, 0.4) is 0 Å². The van der Waals surface area contributed by atoms with Crippen LogP contribution in [0.4, 0.5) is 0 Å². The number of nitrogens with zero attached hydrogens (tertiary/aromatic N) is 2. The highest BCUT2D eigenvalue weighted by atomic mass is 79.9. The summed E-state index contributed by atoms with van der Waals surface area (Å²) in [7, 11) is 0. The molecule has 92 valence electrons. The summed E-state index contributed by atoms with van der Waals surface area (Å²) >= 11 is 5.16. The molecule has 0 bridgehead atoms. The summed E-state index contributed by atoms with van der Waals surface area (Å²) in [5.74, 6) is 0.670. The number of thiazole rings is 1. The van der Waals surface area contributed by atoms with E-state index in [9.17, 15) is 0 Å². The van der Waals surface area contributed by atoms with Crippen molar-refractivity contribution in [3.63, 3.8) is 0 Å². The molecule has 1 aliphatic heterocycles. The zero-order valence-corrected chi connectivity index (χ0v) is 12.4. The summed E-state index contributed by atoms with van der Waals surface area (Å²) in [6, 6.07) is 0.640. The molecule has 6 heteroatoms. The van der Waals surface area contributed by atoms with Crippen molar-refractivity contribution in [2.24, 2.45) is 11.7 Å². The average Bonchev–Trinajstić information content (AvgIpc) is 2.75. The van der Waals surface area contributed by atoms with Gasteiger partial charge in [0.2, 0.25) is 0 Å². The second-order valence-corrected chi connectivity index (χ2v) is 6.67. The van der Waals surface area contributed by atoms with Crippen molar-refractivity contribution in [3.8, 4) is 0 Å². The first-order chi connectivity index (χ1) is 7.19. The molecule has 0 saturated carbocycles. The van der Waals surface area contributed by atoms with Crippen molar-refractivity contribution < 1.29 is 0 Å². The molecule has 1 aromatic rings. The van der Waals surface area contributed by atoms with Crippen molar-refractivity contribution in [2.75, 3.05) is 13.1 Å². The quantitative estimate of drug-likeness (QED) is 0.928. The fourth-order valence-corrected chi connectivity index (χ4v) is 3.47. The van der Waals surface area contributed by atoms with E-state index in [0.717, 1.165) is 23.4 Å². The molecule has 2 unspecified atom stereocenters. The maximum atomic E-state index is 5.71. The van der Waals surface area contributed by atoms with Gasteiger partial charge in [0.05, 0.1) is 16.5 Å². The van der Waals surface area contributed by atoms with Gasteiger partial charge in [0, 0.05) is 12.6 Å². The van der Waals surface area contributed by atoms with Crippen LogP contribution in [0.25, 0.3) is 0 Å². The van der Waals surface area contributed by atoms with Gasteiger partial charge in [0.25, 0.3) is 0 Å². The lowest BCUT2D eigenvalue weighted by molar-refractivity contribution is 0.255. The third kappa shape index (κ3) is 3.40. The second-order valence-electron chi connectivity index (χ2n) is 4.17. The Balaban J connectivity index is 0.00000128. The van der Waals surface area contributed by atoms with Crippen LogP contribution in [-0.2, 0) is 6.54 Å². The average molecular weight is 327 g/mol. The lowest BCUT2D eigenvalue weighted by atomic mass is 10.1. The number of aromatic nitrogens is 1. The molecule has 1 aliphatic rings. The molecule has 0 spiro atoms. The first-order valence-electron chi connectivity index (χ1n) is 5.23. The van der Waals surface area contributed by atoms with E-state index < -0.39 is 0 Å². The van der Waals surface area contributed by atoms with Gasteiger partial charge in [-0.05, 0) is 41.7 Å². The molecule has 0 radical (unpaired) electrons. The van der Waals surface area contributed by atoms with E-state index in [1.807, 2.05) is 6.20 Å². The SMILES string of the molecule is CC1CC(CN)CN1Cc1ncc(Br)s1.Cl. The summed E-state index contributed by atoms with van der Waals surface area (Å²) in [6.45, 7) is 5.17. The number of nitrogens with two attached hydrogens (primary N) is 1. The van der Waals surface area contributed by atoms with E-state index in [1.165, 1.54) is 11.4 Å². The number of hydrogen-bond acceptors (Lipinski definition) is 4. The van der Waals surface area contributed by atoms with Gasteiger partial charge < -0.3 is 5.73 Å². The van der Waals surface area contributed by atoms with Crippen LogP contribution in [-0.4, -0.2) is 29.0 Å². The van der Waals surface area contributed by atoms with E-state index in [4.69, 9.17) is 5.73 Å². The standard InChI is InChI=1S/C10H16BrN3S.ClH/c1-7-2-8(3-12)5-14(7)6-10-13-4-9(11)15-10;/h4,7-8H,2-3,5-6,12H2,1H3;1H. The minimum Gasteiger partial charge on any atom is -0.330 e. The minimum absolute atomic E-state index is 0. The van der Waals surface area contributed by atoms with Crippen LogP contribution >= 0.6 is 39.7 Å². The summed E-state index contributed by atoms with van der Waals surface area (Å²) in [6.07, 6.45) is 3.10. The Labute approximate surface area is 115 Å². The predicted octanol–water partition coefficient (Wildman–Crippen LogP) is 2.50. The number of likely N-dealkylation sites (tertiary alicyclic amines) is 1. The molecular weight excluding hydrogens is 310 g/mol. The Kier molecular flexibility index (Phi) is 5.67. The van der Waals surface area contributed by atoms with Gasteiger partial charge in [-0.2, -0.15) is 0 Å². The largest absolute Gasteiger partial charge is 0.330 e. The minimum atomic E-state index is 0. The first kappa shape index (κ1) is 14.4. The van der Waals surface area contributed by atoms with E-state index in [1.54, 1.807) is 11.3 Å². The van der Waals surface area contributed by atoms with Crippen LogP contribution in [0.2, 0.25) is 0 Å². The molecule has 0 amide bonds. The monoisotopic (exact) mass is 325 g/mol. The molecule has 0 aliphatic carbocycles. The van der Waals surface area contributed by atoms with Crippen molar-refractivity contribution in [2.45, 2.75) is 25.9 Å². The second kappa shape index (κ2) is 6.31. The molecule has 2 heterocycles. The van der Waals surface area contributed by atoms with Gasteiger partial charge >= 0.3 is 0 Å². The molecule has 0 aromatic carbocycles. The van der Waals surface area contributed by atoms with E-state index in [-0.39, 0.29) is 12.4 Å². The van der Waals surface area contributed by atoms with E-state index in [0.29, 0.717) is 12.0 Å². The number of hydrogen-bond donors (Lipinski definition) is 1. The van der Waals surface area contributed by atoms with Crippen LogP contribution in [0.5, 0.6) is 0 Å². The van der Waals surface area contributed by atoms with Crippen molar-refractivity contribution in [1.29, 1.82) is 0 Å². The van der Waals surface area contributed by atoms with Gasteiger partial charge in [-0.25, -0.2) is 4.98 Å². The molecular formula is C10H17BrClN3S. The fourth-order valence-electron chi connectivity index (χ4n) is 2.14. The Morgan fingerprint density at radius 2 is 2.44 bits per heavy atom. The van der Waals surface area contributed by atoms with Crippen LogP contribution in [0, 0.1) is 5.92 Å². The van der Waals surface area contributed by atoms with E-state index >= 15 is 0 Å².